The molecule has 1 aliphatic rings. The molecule has 114 valence electrons. The lowest BCUT2D eigenvalue weighted by molar-refractivity contribution is -0.150. The summed E-state index contributed by atoms with van der Waals surface area (Å²) in [4.78, 5) is 25.6. The second-order valence-electron chi connectivity index (χ2n) is 5.02. The molecule has 1 saturated heterocycles. The summed E-state index contributed by atoms with van der Waals surface area (Å²) >= 11 is 0. The summed E-state index contributed by atoms with van der Waals surface area (Å²) in [6.07, 6.45) is 1.82. The normalized spacial score (nSPS) is 17.6. The van der Waals surface area contributed by atoms with Gasteiger partial charge in [0.15, 0.2) is 0 Å². The van der Waals surface area contributed by atoms with Crippen molar-refractivity contribution in [1.29, 1.82) is 0 Å². The van der Waals surface area contributed by atoms with Crippen LogP contribution in [-0.2, 0) is 20.7 Å². The van der Waals surface area contributed by atoms with E-state index in [0.717, 1.165) is 17.7 Å². The Labute approximate surface area is 124 Å². The average Bonchev–Trinajstić information content (AvgIpc) is 2.98. The van der Waals surface area contributed by atoms with Crippen molar-refractivity contribution < 1.29 is 19.1 Å². The van der Waals surface area contributed by atoms with Crippen LogP contribution in [0.3, 0.4) is 0 Å². The van der Waals surface area contributed by atoms with Crippen LogP contribution in [0.2, 0.25) is 0 Å². The van der Waals surface area contributed by atoms with Crippen molar-refractivity contribution >= 4 is 11.9 Å². The number of hydrogen-bond acceptors (Lipinski definition) is 4. The van der Waals surface area contributed by atoms with Gasteiger partial charge in [0, 0.05) is 6.54 Å². The molecule has 0 N–H and O–H groups in total. The Kier molecular flexibility index (Phi) is 5.20. The lowest BCUT2D eigenvalue weighted by Crippen LogP contribution is -2.41. The summed E-state index contributed by atoms with van der Waals surface area (Å²) in [6, 6.07) is 7.05. The molecule has 0 aromatic heterocycles. The summed E-state index contributed by atoms with van der Waals surface area (Å²) in [5, 5.41) is 0. The van der Waals surface area contributed by atoms with Crippen LogP contribution >= 0.6 is 0 Å². The third-order valence-corrected chi connectivity index (χ3v) is 3.64. The van der Waals surface area contributed by atoms with E-state index in [9.17, 15) is 9.59 Å². The lowest BCUT2D eigenvalue weighted by Gasteiger charge is -2.22. The van der Waals surface area contributed by atoms with Crippen molar-refractivity contribution in [3.63, 3.8) is 0 Å². The smallest absolute Gasteiger partial charge is 0.328 e. The van der Waals surface area contributed by atoms with Gasteiger partial charge in [-0.1, -0.05) is 12.1 Å². The summed E-state index contributed by atoms with van der Waals surface area (Å²) in [5.74, 6) is 0.432. The van der Waals surface area contributed by atoms with Crippen LogP contribution in [0.15, 0.2) is 24.3 Å². The van der Waals surface area contributed by atoms with Crippen molar-refractivity contribution in [3.05, 3.63) is 29.8 Å². The predicted octanol–water partition coefficient (Wildman–Crippen LogP) is 1.79. The van der Waals surface area contributed by atoms with Gasteiger partial charge in [0.05, 0.1) is 20.1 Å². The molecule has 1 amide bonds. The van der Waals surface area contributed by atoms with Gasteiger partial charge in [-0.2, -0.15) is 0 Å². The standard InChI is InChI=1S/C16H21NO4/c1-3-21-13-8-6-12(7-9-13)11-15(18)17-10-4-5-14(17)16(19)20-2/h6-9,14H,3-5,10-11H2,1-2H3. The average molecular weight is 291 g/mol. The van der Waals surface area contributed by atoms with Crippen molar-refractivity contribution in [1.82, 2.24) is 4.90 Å². The van der Waals surface area contributed by atoms with Crippen LogP contribution in [0.5, 0.6) is 5.75 Å². The van der Waals surface area contributed by atoms with E-state index < -0.39 is 6.04 Å². The molecule has 0 radical (unpaired) electrons. The fourth-order valence-corrected chi connectivity index (χ4v) is 2.59. The second-order valence-corrected chi connectivity index (χ2v) is 5.02. The maximum Gasteiger partial charge on any atom is 0.328 e. The van der Waals surface area contributed by atoms with E-state index in [2.05, 4.69) is 0 Å². The van der Waals surface area contributed by atoms with Gasteiger partial charge in [0.1, 0.15) is 11.8 Å². The van der Waals surface area contributed by atoms with Crippen LogP contribution in [0, 0.1) is 0 Å². The summed E-state index contributed by atoms with van der Waals surface area (Å²) < 4.78 is 10.1. The molecule has 1 aromatic rings. The number of esters is 1. The van der Waals surface area contributed by atoms with Gasteiger partial charge in [-0.3, -0.25) is 4.79 Å². The van der Waals surface area contributed by atoms with E-state index >= 15 is 0 Å². The quantitative estimate of drug-likeness (QED) is 0.776. The van der Waals surface area contributed by atoms with Gasteiger partial charge in [0.2, 0.25) is 5.91 Å². The molecule has 5 heteroatoms. The van der Waals surface area contributed by atoms with Crippen molar-refractivity contribution in [3.8, 4) is 5.75 Å². The van der Waals surface area contributed by atoms with Crippen LogP contribution in [0.25, 0.3) is 0 Å². The molecule has 21 heavy (non-hydrogen) atoms. The Morgan fingerprint density at radius 2 is 2.00 bits per heavy atom. The summed E-state index contributed by atoms with van der Waals surface area (Å²) in [7, 11) is 1.36. The minimum Gasteiger partial charge on any atom is -0.494 e. The zero-order chi connectivity index (χ0) is 15.2. The highest BCUT2D eigenvalue weighted by molar-refractivity contribution is 5.86. The highest BCUT2D eigenvalue weighted by Crippen LogP contribution is 2.20. The number of ether oxygens (including phenoxy) is 2. The summed E-state index contributed by atoms with van der Waals surface area (Å²) in [6.45, 7) is 3.17. The Balaban J connectivity index is 1.98. The zero-order valence-corrected chi connectivity index (χ0v) is 12.5. The number of likely N-dealkylation sites (tertiary alicyclic amines) is 1. The van der Waals surface area contributed by atoms with Crippen molar-refractivity contribution in [2.45, 2.75) is 32.2 Å². The molecule has 2 rings (SSSR count). The van der Waals surface area contributed by atoms with E-state index in [1.165, 1.54) is 7.11 Å². The van der Waals surface area contributed by atoms with Crippen LogP contribution < -0.4 is 4.74 Å². The fourth-order valence-electron chi connectivity index (χ4n) is 2.59. The number of benzene rings is 1. The molecule has 0 aliphatic carbocycles. The number of hydrogen-bond donors (Lipinski definition) is 0. The van der Waals surface area contributed by atoms with Gasteiger partial charge < -0.3 is 14.4 Å². The first-order valence-electron chi connectivity index (χ1n) is 7.24. The Morgan fingerprint density at radius 3 is 2.62 bits per heavy atom. The molecule has 0 spiro atoms. The van der Waals surface area contributed by atoms with E-state index in [4.69, 9.17) is 9.47 Å². The fraction of sp³-hybridized carbons (Fsp3) is 0.500. The predicted molar refractivity (Wildman–Crippen MR) is 78.1 cm³/mol. The molecule has 1 aliphatic heterocycles. The minimum atomic E-state index is -0.426. The van der Waals surface area contributed by atoms with E-state index in [-0.39, 0.29) is 11.9 Å². The SMILES string of the molecule is CCOc1ccc(CC(=O)N2CCCC2C(=O)OC)cc1. The molecule has 1 heterocycles. The first-order valence-corrected chi connectivity index (χ1v) is 7.24. The van der Waals surface area contributed by atoms with Crippen LogP contribution in [-0.4, -0.2) is 43.1 Å². The van der Waals surface area contributed by atoms with Gasteiger partial charge in [-0.25, -0.2) is 4.79 Å². The molecule has 0 saturated carbocycles. The highest BCUT2D eigenvalue weighted by atomic mass is 16.5. The largest absolute Gasteiger partial charge is 0.494 e. The third kappa shape index (κ3) is 3.74. The highest BCUT2D eigenvalue weighted by Gasteiger charge is 2.34. The molecule has 1 unspecified atom stereocenters. The van der Waals surface area contributed by atoms with Gasteiger partial charge >= 0.3 is 5.97 Å². The Bertz CT molecular complexity index is 498. The zero-order valence-electron chi connectivity index (χ0n) is 12.5. The lowest BCUT2D eigenvalue weighted by atomic mass is 10.1. The van der Waals surface area contributed by atoms with Crippen LogP contribution in [0.1, 0.15) is 25.3 Å². The van der Waals surface area contributed by atoms with Crippen LogP contribution in [0.4, 0.5) is 0 Å². The van der Waals surface area contributed by atoms with E-state index in [1.807, 2.05) is 31.2 Å². The number of amides is 1. The minimum absolute atomic E-state index is 0.0351. The topological polar surface area (TPSA) is 55.8 Å². The molecular weight excluding hydrogens is 270 g/mol. The van der Waals surface area contributed by atoms with E-state index in [0.29, 0.717) is 26.0 Å². The summed E-state index contributed by atoms with van der Waals surface area (Å²) in [5.41, 5.74) is 0.916. The maximum atomic E-state index is 12.3. The Morgan fingerprint density at radius 1 is 1.29 bits per heavy atom. The maximum absolute atomic E-state index is 12.3. The number of methoxy groups -OCH3 is 1. The molecule has 5 nitrogen and oxygen atoms in total. The first-order chi connectivity index (χ1) is 10.2. The second kappa shape index (κ2) is 7.11. The third-order valence-electron chi connectivity index (χ3n) is 3.64. The van der Waals surface area contributed by atoms with Gasteiger partial charge in [0.25, 0.3) is 0 Å². The molecule has 1 aromatic carbocycles. The van der Waals surface area contributed by atoms with E-state index in [1.54, 1.807) is 4.90 Å². The monoisotopic (exact) mass is 291 g/mol. The molecule has 0 bridgehead atoms. The number of carbonyl (C=O) groups excluding carboxylic acids is 2. The Hall–Kier alpha value is -2.04. The molecular formula is C16H21NO4. The van der Waals surface area contributed by atoms with Gasteiger partial charge in [-0.05, 0) is 37.5 Å². The first kappa shape index (κ1) is 15.4. The van der Waals surface area contributed by atoms with Crippen molar-refractivity contribution in [2.24, 2.45) is 0 Å². The van der Waals surface area contributed by atoms with Crippen molar-refractivity contribution in [2.75, 3.05) is 20.3 Å². The van der Waals surface area contributed by atoms with Gasteiger partial charge in [-0.15, -0.1) is 0 Å². The molecule has 1 atom stereocenters. The number of nitrogens with zero attached hydrogens (tertiary/aromatic N) is 1. The molecule has 1 fully saturated rings. The number of carbonyl (C=O) groups is 2. The number of rotatable bonds is 5.